The summed E-state index contributed by atoms with van der Waals surface area (Å²) < 4.78 is 10.5. The van der Waals surface area contributed by atoms with Crippen LogP contribution in [0.5, 0.6) is 11.5 Å². The summed E-state index contributed by atoms with van der Waals surface area (Å²) >= 11 is 0. The molecule has 0 bridgehead atoms. The van der Waals surface area contributed by atoms with Crippen LogP contribution in [-0.2, 0) is 0 Å². The van der Waals surface area contributed by atoms with Gasteiger partial charge in [0.1, 0.15) is 0 Å². The molecule has 7 heteroatoms. The maximum Gasteiger partial charge on any atom is 0.249 e. The molecule has 0 spiro atoms. The highest BCUT2D eigenvalue weighted by molar-refractivity contribution is 5.62. The van der Waals surface area contributed by atoms with Gasteiger partial charge in [-0.25, -0.2) is 0 Å². The molecule has 0 saturated heterocycles. The molecule has 0 amide bonds. The van der Waals surface area contributed by atoms with Gasteiger partial charge in [0, 0.05) is 17.4 Å². The van der Waals surface area contributed by atoms with Gasteiger partial charge in [-0.2, -0.15) is 10.1 Å². The van der Waals surface area contributed by atoms with E-state index >= 15 is 0 Å². The van der Waals surface area contributed by atoms with Crippen molar-refractivity contribution in [2.24, 2.45) is 0 Å². The molecule has 3 aromatic rings. The summed E-state index contributed by atoms with van der Waals surface area (Å²) in [5.41, 5.74) is 4.09. The smallest absolute Gasteiger partial charge is 0.249 e. The van der Waals surface area contributed by atoms with E-state index in [4.69, 9.17) is 9.47 Å². The zero-order valence-electron chi connectivity index (χ0n) is 15.2. The predicted molar refractivity (Wildman–Crippen MR) is 102 cm³/mol. The second kappa shape index (κ2) is 7.69. The zero-order valence-corrected chi connectivity index (χ0v) is 15.2. The largest absolute Gasteiger partial charge is 0.493 e. The fourth-order valence-corrected chi connectivity index (χ4v) is 2.65. The van der Waals surface area contributed by atoms with Crippen LogP contribution in [0.3, 0.4) is 0 Å². The number of methoxy groups -OCH3 is 2. The predicted octanol–water partition coefficient (Wildman–Crippen LogP) is 3.99. The minimum atomic E-state index is 0.381. The lowest BCUT2D eigenvalue weighted by Crippen LogP contribution is -2.03. The molecule has 0 unspecified atom stereocenters. The van der Waals surface area contributed by atoms with Gasteiger partial charge in [-0.15, -0.1) is 5.10 Å². The lowest BCUT2D eigenvalue weighted by molar-refractivity contribution is 0.355. The van der Waals surface area contributed by atoms with E-state index in [0.29, 0.717) is 23.3 Å². The number of benzene rings is 2. The molecule has 0 saturated carbocycles. The molecule has 1 heterocycles. The molecule has 2 aromatic carbocycles. The molecular formula is C19H21N5O2. The van der Waals surface area contributed by atoms with E-state index < -0.39 is 0 Å². The monoisotopic (exact) mass is 351 g/mol. The number of anilines is 4. The number of rotatable bonds is 6. The number of aryl methyl sites for hydroxylation is 2. The Morgan fingerprint density at radius 2 is 1.54 bits per heavy atom. The van der Waals surface area contributed by atoms with E-state index in [-0.39, 0.29) is 0 Å². The van der Waals surface area contributed by atoms with Crippen molar-refractivity contribution in [1.29, 1.82) is 0 Å². The van der Waals surface area contributed by atoms with E-state index in [0.717, 1.165) is 11.4 Å². The maximum absolute atomic E-state index is 5.31. The van der Waals surface area contributed by atoms with Gasteiger partial charge in [-0.1, -0.05) is 6.07 Å². The third kappa shape index (κ3) is 4.18. The van der Waals surface area contributed by atoms with Crippen molar-refractivity contribution >= 4 is 23.1 Å². The molecule has 2 N–H and O–H groups in total. The van der Waals surface area contributed by atoms with E-state index in [9.17, 15) is 0 Å². The number of hydrogen-bond acceptors (Lipinski definition) is 7. The van der Waals surface area contributed by atoms with Crippen molar-refractivity contribution < 1.29 is 9.47 Å². The van der Waals surface area contributed by atoms with Gasteiger partial charge >= 0.3 is 0 Å². The van der Waals surface area contributed by atoms with Crippen LogP contribution in [0.25, 0.3) is 0 Å². The van der Waals surface area contributed by atoms with E-state index in [1.807, 2.05) is 18.2 Å². The van der Waals surface area contributed by atoms with Crippen LogP contribution < -0.4 is 20.1 Å². The number of ether oxygens (including phenoxy) is 2. The van der Waals surface area contributed by atoms with Gasteiger partial charge in [0.15, 0.2) is 17.3 Å². The van der Waals surface area contributed by atoms with Crippen molar-refractivity contribution in [2.75, 3.05) is 24.9 Å². The molecule has 134 valence electrons. The Morgan fingerprint density at radius 1 is 0.808 bits per heavy atom. The van der Waals surface area contributed by atoms with Crippen LogP contribution in [0.4, 0.5) is 23.1 Å². The summed E-state index contributed by atoms with van der Waals surface area (Å²) in [6.45, 7) is 4.11. The summed E-state index contributed by atoms with van der Waals surface area (Å²) in [7, 11) is 3.19. The highest BCUT2D eigenvalue weighted by atomic mass is 16.5. The number of aromatic nitrogens is 3. The van der Waals surface area contributed by atoms with Crippen LogP contribution >= 0.6 is 0 Å². The second-order valence-corrected chi connectivity index (χ2v) is 5.86. The molecule has 3 rings (SSSR count). The number of nitrogens with zero attached hydrogens (tertiary/aromatic N) is 3. The third-order valence-corrected chi connectivity index (χ3v) is 3.69. The van der Waals surface area contributed by atoms with Gasteiger partial charge in [-0.05, 0) is 49.2 Å². The summed E-state index contributed by atoms with van der Waals surface area (Å²) in [4.78, 5) is 4.45. The van der Waals surface area contributed by atoms with Crippen LogP contribution in [0, 0.1) is 13.8 Å². The first-order chi connectivity index (χ1) is 12.6. The van der Waals surface area contributed by atoms with Crippen molar-refractivity contribution in [3.8, 4) is 11.5 Å². The highest BCUT2D eigenvalue weighted by Crippen LogP contribution is 2.30. The Kier molecular flexibility index (Phi) is 5.17. The van der Waals surface area contributed by atoms with Crippen molar-refractivity contribution in [1.82, 2.24) is 15.2 Å². The Balaban J connectivity index is 1.79. The minimum Gasteiger partial charge on any atom is -0.493 e. The molecule has 0 radical (unpaired) electrons. The standard InChI is InChI=1S/C19H21N5O2/c1-12-7-13(2)9-15(8-12)21-18-11-20-24-19(23-18)22-14-5-6-16(25-3)17(10-14)26-4/h5-11H,1-4H3,(H2,21,22,23,24). The Morgan fingerprint density at radius 3 is 2.23 bits per heavy atom. The topological polar surface area (TPSA) is 81.2 Å². The SMILES string of the molecule is COc1ccc(Nc2nncc(Nc3cc(C)cc(C)c3)n2)cc1OC. The summed E-state index contributed by atoms with van der Waals surface area (Å²) in [6, 6.07) is 11.7. The van der Waals surface area contributed by atoms with Crippen molar-refractivity contribution in [3.05, 3.63) is 53.7 Å². The molecule has 1 aromatic heterocycles. The maximum atomic E-state index is 5.31. The van der Waals surface area contributed by atoms with E-state index in [1.54, 1.807) is 20.4 Å². The average molecular weight is 351 g/mol. The van der Waals surface area contributed by atoms with E-state index in [1.165, 1.54) is 11.1 Å². The number of nitrogens with one attached hydrogen (secondary N) is 2. The van der Waals surface area contributed by atoms with Gasteiger partial charge in [0.2, 0.25) is 5.95 Å². The van der Waals surface area contributed by atoms with Crippen LogP contribution in [0.1, 0.15) is 11.1 Å². The first kappa shape index (κ1) is 17.5. The molecule has 0 fully saturated rings. The summed E-state index contributed by atoms with van der Waals surface area (Å²) in [5.74, 6) is 2.26. The minimum absolute atomic E-state index is 0.381. The normalized spacial score (nSPS) is 10.3. The van der Waals surface area contributed by atoms with Crippen LogP contribution in [0.2, 0.25) is 0 Å². The fourth-order valence-electron chi connectivity index (χ4n) is 2.65. The third-order valence-electron chi connectivity index (χ3n) is 3.69. The van der Waals surface area contributed by atoms with Gasteiger partial charge < -0.3 is 20.1 Å². The van der Waals surface area contributed by atoms with Gasteiger partial charge in [0.05, 0.1) is 20.4 Å². The molecule has 0 atom stereocenters. The Bertz CT molecular complexity index is 894. The highest BCUT2D eigenvalue weighted by Gasteiger charge is 2.07. The second-order valence-electron chi connectivity index (χ2n) is 5.86. The molecule has 7 nitrogen and oxygen atoms in total. The molecule has 26 heavy (non-hydrogen) atoms. The molecule has 0 aliphatic carbocycles. The van der Waals surface area contributed by atoms with Crippen LogP contribution in [0.15, 0.2) is 42.6 Å². The average Bonchev–Trinajstić information content (AvgIpc) is 2.61. The first-order valence-corrected chi connectivity index (χ1v) is 8.11. The summed E-state index contributed by atoms with van der Waals surface area (Å²) in [6.07, 6.45) is 1.58. The molecule has 0 aliphatic heterocycles. The first-order valence-electron chi connectivity index (χ1n) is 8.11. The van der Waals surface area contributed by atoms with E-state index in [2.05, 4.69) is 57.9 Å². The number of hydrogen-bond donors (Lipinski definition) is 2. The van der Waals surface area contributed by atoms with Crippen molar-refractivity contribution in [2.45, 2.75) is 13.8 Å². The zero-order chi connectivity index (χ0) is 18.5. The van der Waals surface area contributed by atoms with Gasteiger partial charge in [-0.3, -0.25) is 0 Å². The fraction of sp³-hybridized carbons (Fsp3) is 0.211. The van der Waals surface area contributed by atoms with Crippen molar-refractivity contribution in [3.63, 3.8) is 0 Å². The lowest BCUT2D eigenvalue weighted by Gasteiger charge is -2.11. The van der Waals surface area contributed by atoms with Crippen LogP contribution in [-0.4, -0.2) is 29.4 Å². The Hall–Kier alpha value is -3.35. The Labute approximate surface area is 152 Å². The van der Waals surface area contributed by atoms with Gasteiger partial charge in [0.25, 0.3) is 0 Å². The quantitative estimate of drug-likeness (QED) is 0.695. The summed E-state index contributed by atoms with van der Waals surface area (Å²) in [5, 5.41) is 14.4. The lowest BCUT2D eigenvalue weighted by atomic mass is 10.1. The molecular weight excluding hydrogens is 330 g/mol. The molecule has 0 aliphatic rings.